The zero-order valence-electron chi connectivity index (χ0n) is 12.7. The molecule has 0 aliphatic rings. The van der Waals surface area contributed by atoms with Gasteiger partial charge in [0.1, 0.15) is 11.5 Å². The maximum Gasteiger partial charge on any atom is 0.126 e. The summed E-state index contributed by atoms with van der Waals surface area (Å²) in [5.41, 5.74) is 6.78. The smallest absolute Gasteiger partial charge is 0.126 e. The standard InChI is InChI=1S/C16H27NO3/c1-3-10-19-15-7-6-14(8-9-17)16(13-15)20-12-5-4-11-18-2/h6-7,13H,3-5,8-12,17H2,1-2H3. The second-order valence-corrected chi connectivity index (χ2v) is 4.71. The van der Waals surface area contributed by atoms with Crippen LogP contribution < -0.4 is 15.2 Å². The average Bonchev–Trinajstić information content (AvgIpc) is 2.47. The van der Waals surface area contributed by atoms with E-state index in [4.69, 9.17) is 19.9 Å². The number of methoxy groups -OCH3 is 1. The lowest BCUT2D eigenvalue weighted by molar-refractivity contribution is 0.184. The Bertz CT molecular complexity index is 369. The molecule has 1 aromatic carbocycles. The van der Waals surface area contributed by atoms with Crippen LogP contribution in [0.2, 0.25) is 0 Å². The fraction of sp³-hybridized carbons (Fsp3) is 0.625. The minimum atomic E-state index is 0.620. The molecule has 0 bridgehead atoms. The van der Waals surface area contributed by atoms with Crippen molar-refractivity contribution in [2.75, 3.05) is 33.5 Å². The van der Waals surface area contributed by atoms with Crippen molar-refractivity contribution < 1.29 is 14.2 Å². The lowest BCUT2D eigenvalue weighted by Gasteiger charge is -2.13. The van der Waals surface area contributed by atoms with Gasteiger partial charge in [0.2, 0.25) is 0 Å². The van der Waals surface area contributed by atoms with Gasteiger partial charge in [-0.05, 0) is 43.9 Å². The van der Waals surface area contributed by atoms with Crippen molar-refractivity contribution >= 4 is 0 Å². The Kier molecular flexibility index (Phi) is 8.83. The highest BCUT2D eigenvalue weighted by Crippen LogP contribution is 2.25. The Morgan fingerprint density at radius 1 is 1.05 bits per heavy atom. The molecule has 0 amide bonds. The molecule has 0 aliphatic heterocycles. The molecule has 0 unspecified atom stereocenters. The third-order valence-electron chi connectivity index (χ3n) is 2.93. The lowest BCUT2D eigenvalue weighted by atomic mass is 10.1. The molecule has 1 aromatic rings. The molecule has 0 heterocycles. The third kappa shape index (κ3) is 6.26. The van der Waals surface area contributed by atoms with E-state index in [0.717, 1.165) is 56.0 Å². The molecule has 20 heavy (non-hydrogen) atoms. The Hall–Kier alpha value is -1.26. The van der Waals surface area contributed by atoms with E-state index in [1.165, 1.54) is 0 Å². The zero-order valence-corrected chi connectivity index (χ0v) is 12.7. The maximum absolute atomic E-state index is 5.87. The molecule has 0 saturated heterocycles. The van der Waals surface area contributed by atoms with Crippen LogP contribution in [0, 0.1) is 0 Å². The van der Waals surface area contributed by atoms with Gasteiger partial charge >= 0.3 is 0 Å². The summed E-state index contributed by atoms with van der Waals surface area (Å²) < 4.78 is 16.5. The van der Waals surface area contributed by atoms with Crippen LogP contribution in [0.15, 0.2) is 18.2 Å². The molecule has 4 heteroatoms. The van der Waals surface area contributed by atoms with Crippen molar-refractivity contribution in [3.8, 4) is 11.5 Å². The van der Waals surface area contributed by atoms with E-state index < -0.39 is 0 Å². The third-order valence-corrected chi connectivity index (χ3v) is 2.93. The number of rotatable bonds is 11. The first-order chi connectivity index (χ1) is 9.81. The van der Waals surface area contributed by atoms with Crippen molar-refractivity contribution in [2.24, 2.45) is 5.73 Å². The molecule has 1 rings (SSSR count). The van der Waals surface area contributed by atoms with E-state index in [0.29, 0.717) is 13.2 Å². The van der Waals surface area contributed by atoms with E-state index in [2.05, 4.69) is 6.92 Å². The van der Waals surface area contributed by atoms with E-state index in [9.17, 15) is 0 Å². The number of hydrogen-bond donors (Lipinski definition) is 1. The molecule has 0 aliphatic carbocycles. The van der Waals surface area contributed by atoms with Gasteiger partial charge in [0, 0.05) is 19.8 Å². The highest BCUT2D eigenvalue weighted by molar-refractivity contribution is 5.41. The van der Waals surface area contributed by atoms with Gasteiger partial charge in [0.05, 0.1) is 13.2 Å². The quantitative estimate of drug-likeness (QED) is 0.634. The molecule has 4 nitrogen and oxygen atoms in total. The van der Waals surface area contributed by atoms with Crippen molar-refractivity contribution in [3.05, 3.63) is 23.8 Å². The van der Waals surface area contributed by atoms with Crippen LogP contribution >= 0.6 is 0 Å². The van der Waals surface area contributed by atoms with Gasteiger partial charge in [-0.3, -0.25) is 0 Å². The molecule has 0 radical (unpaired) electrons. The normalized spacial score (nSPS) is 10.6. The van der Waals surface area contributed by atoms with Gasteiger partial charge in [-0.2, -0.15) is 0 Å². The molecular weight excluding hydrogens is 254 g/mol. The van der Waals surface area contributed by atoms with Crippen LogP contribution in [0.5, 0.6) is 11.5 Å². The summed E-state index contributed by atoms with van der Waals surface area (Å²) in [6.45, 7) is 4.91. The second kappa shape index (κ2) is 10.5. The Labute approximate surface area is 122 Å². The van der Waals surface area contributed by atoms with Gasteiger partial charge < -0.3 is 19.9 Å². The summed E-state index contributed by atoms with van der Waals surface area (Å²) >= 11 is 0. The van der Waals surface area contributed by atoms with Crippen molar-refractivity contribution in [1.82, 2.24) is 0 Å². The molecule has 0 aromatic heterocycles. The number of hydrogen-bond acceptors (Lipinski definition) is 4. The van der Waals surface area contributed by atoms with Gasteiger partial charge in [0.25, 0.3) is 0 Å². The lowest BCUT2D eigenvalue weighted by Crippen LogP contribution is -2.07. The monoisotopic (exact) mass is 281 g/mol. The van der Waals surface area contributed by atoms with Crippen LogP contribution in [0.4, 0.5) is 0 Å². The minimum absolute atomic E-state index is 0.620. The van der Waals surface area contributed by atoms with Crippen LogP contribution in [0.25, 0.3) is 0 Å². The largest absolute Gasteiger partial charge is 0.493 e. The Balaban J connectivity index is 2.57. The summed E-state index contributed by atoms with van der Waals surface area (Å²) in [5, 5.41) is 0. The first kappa shape index (κ1) is 16.8. The fourth-order valence-corrected chi connectivity index (χ4v) is 1.87. The maximum atomic E-state index is 5.87. The fourth-order valence-electron chi connectivity index (χ4n) is 1.87. The predicted octanol–water partition coefficient (Wildman–Crippen LogP) is 2.78. The van der Waals surface area contributed by atoms with Crippen LogP contribution in [-0.4, -0.2) is 33.5 Å². The molecule has 114 valence electrons. The van der Waals surface area contributed by atoms with E-state index >= 15 is 0 Å². The average molecular weight is 281 g/mol. The SMILES string of the molecule is CCCOc1ccc(CCN)c(OCCCCOC)c1. The topological polar surface area (TPSA) is 53.7 Å². The molecule has 0 saturated carbocycles. The summed E-state index contributed by atoms with van der Waals surface area (Å²) in [6, 6.07) is 6.00. The summed E-state index contributed by atoms with van der Waals surface area (Å²) in [7, 11) is 1.72. The van der Waals surface area contributed by atoms with E-state index in [1.807, 2.05) is 18.2 Å². The van der Waals surface area contributed by atoms with Gasteiger partial charge in [-0.25, -0.2) is 0 Å². The molecule has 0 atom stereocenters. The number of nitrogens with two attached hydrogens (primary N) is 1. The van der Waals surface area contributed by atoms with Crippen LogP contribution in [0.3, 0.4) is 0 Å². The number of unbranched alkanes of at least 4 members (excludes halogenated alkanes) is 1. The Morgan fingerprint density at radius 3 is 2.55 bits per heavy atom. The molecule has 2 N–H and O–H groups in total. The van der Waals surface area contributed by atoms with E-state index in [1.54, 1.807) is 7.11 Å². The summed E-state index contributed by atoms with van der Waals surface area (Å²) in [5.74, 6) is 1.75. The molecular formula is C16H27NO3. The highest BCUT2D eigenvalue weighted by Gasteiger charge is 2.06. The van der Waals surface area contributed by atoms with E-state index in [-0.39, 0.29) is 0 Å². The zero-order chi connectivity index (χ0) is 14.6. The highest BCUT2D eigenvalue weighted by atomic mass is 16.5. The molecule has 0 spiro atoms. The number of benzene rings is 1. The summed E-state index contributed by atoms with van der Waals surface area (Å²) in [4.78, 5) is 0. The first-order valence-electron chi connectivity index (χ1n) is 7.39. The van der Waals surface area contributed by atoms with Crippen molar-refractivity contribution in [3.63, 3.8) is 0 Å². The van der Waals surface area contributed by atoms with Gasteiger partial charge in [-0.15, -0.1) is 0 Å². The first-order valence-corrected chi connectivity index (χ1v) is 7.39. The van der Waals surface area contributed by atoms with Crippen molar-refractivity contribution in [1.29, 1.82) is 0 Å². The van der Waals surface area contributed by atoms with Crippen LogP contribution in [-0.2, 0) is 11.2 Å². The van der Waals surface area contributed by atoms with Crippen LogP contribution in [0.1, 0.15) is 31.7 Å². The van der Waals surface area contributed by atoms with Gasteiger partial charge in [-0.1, -0.05) is 13.0 Å². The second-order valence-electron chi connectivity index (χ2n) is 4.71. The number of ether oxygens (including phenoxy) is 3. The Morgan fingerprint density at radius 2 is 1.85 bits per heavy atom. The molecule has 0 fully saturated rings. The predicted molar refractivity (Wildman–Crippen MR) is 81.6 cm³/mol. The van der Waals surface area contributed by atoms with Gasteiger partial charge in [0.15, 0.2) is 0 Å². The summed E-state index contributed by atoms with van der Waals surface area (Å²) in [6.07, 6.45) is 3.81. The van der Waals surface area contributed by atoms with Crippen molar-refractivity contribution in [2.45, 2.75) is 32.6 Å². The minimum Gasteiger partial charge on any atom is -0.493 e.